The van der Waals surface area contributed by atoms with Crippen molar-refractivity contribution in [2.75, 3.05) is 6.61 Å². The molecule has 1 saturated heterocycles. The number of carbonyl (C=O) groups excluding carboxylic acids is 4. The van der Waals surface area contributed by atoms with Crippen LogP contribution in [0.15, 0.2) is 30.3 Å². The summed E-state index contributed by atoms with van der Waals surface area (Å²) in [5.41, 5.74) is 1.07. The summed E-state index contributed by atoms with van der Waals surface area (Å²) < 4.78 is 27.4. The number of rotatable bonds is 8. The molecule has 0 aromatic heterocycles. The van der Waals surface area contributed by atoms with Crippen LogP contribution in [0.1, 0.15) is 33.3 Å². The Kier molecular flexibility index (Phi) is 9.48. The number of hydrogen-bond donors (Lipinski definition) is 0. The van der Waals surface area contributed by atoms with Crippen LogP contribution in [0.2, 0.25) is 0 Å². The van der Waals surface area contributed by atoms with E-state index in [4.69, 9.17) is 23.7 Å². The molecule has 31 heavy (non-hydrogen) atoms. The monoisotopic (exact) mass is 502 g/mol. The quantitative estimate of drug-likeness (QED) is 0.292. The van der Waals surface area contributed by atoms with Gasteiger partial charge in [-0.3, -0.25) is 0 Å². The van der Waals surface area contributed by atoms with Gasteiger partial charge in [-0.2, -0.15) is 0 Å². The molecule has 5 atom stereocenters. The van der Waals surface area contributed by atoms with E-state index in [1.54, 1.807) is 0 Å². The molecule has 170 valence electrons. The maximum absolute atomic E-state index is 11.8. The Hall–Kier alpha value is -2.42. The first kappa shape index (κ1) is 24.8. The third kappa shape index (κ3) is 7.97. The number of esters is 4. The van der Waals surface area contributed by atoms with E-state index < -0.39 is 53.3 Å². The van der Waals surface area contributed by atoms with Crippen LogP contribution < -0.4 is 0 Å². The average molecular weight is 501 g/mol. The van der Waals surface area contributed by atoms with Gasteiger partial charge < -0.3 is 0 Å². The van der Waals surface area contributed by atoms with E-state index in [9.17, 15) is 19.2 Å². The van der Waals surface area contributed by atoms with Crippen LogP contribution in [0.3, 0.4) is 0 Å². The normalized spacial score (nSPS) is 25.2. The van der Waals surface area contributed by atoms with Crippen molar-refractivity contribution in [1.82, 2.24) is 0 Å². The molecule has 1 fully saturated rings. The molecular formula is C21H26O9Se. The fraction of sp³-hybridized carbons (Fsp3) is 0.524. The van der Waals surface area contributed by atoms with Crippen LogP contribution in [-0.2, 0) is 48.2 Å². The van der Waals surface area contributed by atoms with E-state index >= 15 is 0 Å². The first-order valence-corrected chi connectivity index (χ1v) is 11.8. The number of carbonyl (C=O) groups is 4. The van der Waals surface area contributed by atoms with Gasteiger partial charge in [-0.15, -0.1) is 0 Å². The predicted molar refractivity (Wildman–Crippen MR) is 108 cm³/mol. The molecule has 10 heteroatoms. The molecule has 1 aromatic rings. The molecule has 2 rings (SSSR count). The van der Waals surface area contributed by atoms with Crippen molar-refractivity contribution in [2.45, 2.75) is 62.4 Å². The molecule has 9 nitrogen and oxygen atoms in total. The number of benzene rings is 1. The maximum atomic E-state index is 11.8. The Balaban J connectivity index is 2.35. The third-order valence-corrected chi connectivity index (χ3v) is 6.74. The Bertz CT molecular complexity index is 782. The van der Waals surface area contributed by atoms with Gasteiger partial charge in [0.2, 0.25) is 0 Å². The van der Waals surface area contributed by atoms with Crippen LogP contribution in [-0.4, -0.2) is 74.9 Å². The second-order valence-corrected chi connectivity index (χ2v) is 9.14. The zero-order valence-electron chi connectivity index (χ0n) is 17.8. The van der Waals surface area contributed by atoms with E-state index in [2.05, 4.69) is 0 Å². The average Bonchev–Trinajstić information content (AvgIpc) is 2.68. The van der Waals surface area contributed by atoms with Crippen molar-refractivity contribution >= 4 is 38.8 Å². The summed E-state index contributed by atoms with van der Waals surface area (Å²) in [5.74, 6) is -2.41. The molecule has 0 N–H and O–H groups in total. The van der Waals surface area contributed by atoms with Crippen LogP contribution in [0.5, 0.6) is 0 Å². The Labute approximate surface area is 186 Å². The zero-order valence-corrected chi connectivity index (χ0v) is 19.5. The van der Waals surface area contributed by atoms with Gasteiger partial charge >= 0.3 is 187 Å². The second-order valence-electron chi connectivity index (χ2n) is 6.86. The summed E-state index contributed by atoms with van der Waals surface area (Å²) in [6, 6.07) is 9.67. The van der Waals surface area contributed by atoms with E-state index in [1.807, 2.05) is 30.3 Å². The molecular weight excluding hydrogens is 475 g/mol. The van der Waals surface area contributed by atoms with Crippen LogP contribution in [0, 0.1) is 0 Å². The Morgan fingerprint density at radius 3 is 1.90 bits per heavy atom. The van der Waals surface area contributed by atoms with Crippen molar-refractivity contribution in [1.29, 1.82) is 0 Å². The van der Waals surface area contributed by atoms with Crippen molar-refractivity contribution in [3.05, 3.63) is 35.9 Å². The molecule has 1 aliphatic rings. The summed E-state index contributed by atoms with van der Waals surface area (Å²) in [5, 5.41) is 0.0232. The zero-order chi connectivity index (χ0) is 23.0. The summed E-state index contributed by atoms with van der Waals surface area (Å²) >= 11 is -0.254. The molecule has 0 saturated carbocycles. The van der Waals surface area contributed by atoms with E-state index in [-0.39, 0.29) is 21.6 Å². The molecule has 1 heterocycles. The molecule has 1 aliphatic heterocycles. The van der Waals surface area contributed by atoms with Gasteiger partial charge in [-0.25, -0.2) is 0 Å². The standard InChI is InChI=1S/C21H26O9Se/c1-12(22)26-10-17-18(27-13(2)23)19(28-14(3)24)20(29-15(4)25)21(30-17)31-11-16-8-6-5-7-9-16/h5-9,17-21H,10-11H2,1-4H3/t17-,18+,19+,20-,21-/m1/s1. The van der Waals surface area contributed by atoms with Crippen LogP contribution in [0.25, 0.3) is 0 Å². The molecule has 1 aromatic carbocycles. The molecule has 0 bridgehead atoms. The van der Waals surface area contributed by atoms with Gasteiger partial charge in [0.15, 0.2) is 0 Å². The van der Waals surface area contributed by atoms with Crippen LogP contribution in [0.4, 0.5) is 0 Å². The van der Waals surface area contributed by atoms with Crippen molar-refractivity contribution < 1.29 is 42.9 Å². The minimum atomic E-state index is -1.12. The summed E-state index contributed by atoms with van der Waals surface area (Å²) in [6.45, 7) is 4.66. The molecule has 0 unspecified atom stereocenters. The Morgan fingerprint density at radius 1 is 0.806 bits per heavy atom. The number of ether oxygens (including phenoxy) is 5. The first-order chi connectivity index (χ1) is 14.7. The van der Waals surface area contributed by atoms with Gasteiger partial charge in [-0.05, 0) is 0 Å². The SMILES string of the molecule is CC(=O)OC[C@H]1O[C@H]([Se]Cc2ccccc2)[C@H](OC(C)=O)[C@@H](OC(C)=O)[C@H]1OC(C)=O. The molecule has 0 radical (unpaired) electrons. The topological polar surface area (TPSA) is 114 Å². The van der Waals surface area contributed by atoms with Gasteiger partial charge in [0.05, 0.1) is 0 Å². The minimum absolute atomic E-state index is 0.213. The van der Waals surface area contributed by atoms with Crippen LogP contribution >= 0.6 is 0 Å². The van der Waals surface area contributed by atoms with Gasteiger partial charge in [0, 0.05) is 0 Å². The molecule has 0 spiro atoms. The third-order valence-electron chi connectivity index (χ3n) is 4.21. The van der Waals surface area contributed by atoms with Gasteiger partial charge in [0.25, 0.3) is 0 Å². The summed E-state index contributed by atoms with van der Waals surface area (Å²) in [7, 11) is 0. The van der Waals surface area contributed by atoms with E-state index in [1.165, 1.54) is 27.7 Å². The van der Waals surface area contributed by atoms with Crippen molar-refractivity contribution in [3.63, 3.8) is 0 Å². The van der Waals surface area contributed by atoms with Gasteiger partial charge in [0.1, 0.15) is 0 Å². The fourth-order valence-electron chi connectivity index (χ4n) is 3.08. The fourth-order valence-corrected chi connectivity index (χ4v) is 5.53. The predicted octanol–water partition coefficient (Wildman–Crippen LogP) is 0.974. The van der Waals surface area contributed by atoms with E-state index in [0.29, 0.717) is 5.32 Å². The van der Waals surface area contributed by atoms with Crippen molar-refractivity contribution in [2.24, 2.45) is 0 Å². The van der Waals surface area contributed by atoms with E-state index in [0.717, 1.165) is 5.56 Å². The summed E-state index contributed by atoms with van der Waals surface area (Å²) in [4.78, 5) is 46.7. The summed E-state index contributed by atoms with van der Waals surface area (Å²) in [6.07, 6.45) is -4.11. The second kappa shape index (κ2) is 11.8. The Morgan fingerprint density at radius 2 is 1.35 bits per heavy atom. The van der Waals surface area contributed by atoms with Gasteiger partial charge in [-0.1, -0.05) is 0 Å². The first-order valence-electron chi connectivity index (χ1n) is 9.63. The number of hydrogen-bond acceptors (Lipinski definition) is 9. The van der Waals surface area contributed by atoms with Crippen molar-refractivity contribution in [3.8, 4) is 0 Å². The molecule has 0 aliphatic carbocycles. The molecule has 0 amide bonds.